The average molecular weight is 412 g/mol. The highest BCUT2D eigenvalue weighted by molar-refractivity contribution is 5.23. The van der Waals surface area contributed by atoms with Gasteiger partial charge in [0.1, 0.15) is 0 Å². The Labute approximate surface area is 179 Å². The van der Waals surface area contributed by atoms with Crippen LogP contribution < -0.4 is 5.32 Å². The molecule has 0 saturated heterocycles. The molecule has 0 unspecified atom stereocenters. The van der Waals surface area contributed by atoms with Gasteiger partial charge in [0.05, 0.1) is 30.5 Å². The Kier molecular flexibility index (Phi) is 16.2. The normalized spacial score (nSPS) is 18.2. The summed E-state index contributed by atoms with van der Waals surface area (Å²) >= 11 is 0. The molecule has 0 aliphatic heterocycles. The lowest BCUT2D eigenvalue weighted by Gasteiger charge is -2.27. The van der Waals surface area contributed by atoms with Gasteiger partial charge in [0.25, 0.3) is 0 Å². The predicted molar refractivity (Wildman–Crippen MR) is 121 cm³/mol. The number of methoxy groups -OCH3 is 4. The van der Waals surface area contributed by atoms with Crippen molar-refractivity contribution in [2.75, 3.05) is 28.4 Å². The van der Waals surface area contributed by atoms with Gasteiger partial charge < -0.3 is 24.3 Å². The van der Waals surface area contributed by atoms with E-state index in [1.807, 2.05) is 11.4 Å². The first-order chi connectivity index (χ1) is 13.8. The van der Waals surface area contributed by atoms with E-state index in [0.29, 0.717) is 6.04 Å². The van der Waals surface area contributed by atoms with Crippen molar-refractivity contribution in [3.63, 3.8) is 0 Å². The lowest BCUT2D eigenvalue weighted by atomic mass is 9.96. The second kappa shape index (κ2) is 16.8. The first-order valence-corrected chi connectivity index (χ1v) is 10.5. The maximum Gasteiger partial charge on any atom is 0.0806 e. The van der Waals surface area contributed by atoms with Crippen molar-refractivity contribution in [2.24, 2.45) is 0 Å². The topological polar surface area (TPSA) is 53.5 Å². The third-order valence-electron chi connectivity index (χ3n) is 5.42. The average Bonchev–Trinajstić information content (AvgIpc) is 2.73. The highest BCUT2D eigenvalue weighted by Crippen LogP contribution is 2.22. The van der Waals surface area contributed by atoms with Crippen molar-refractivity contribution in [1.29, 1.82) is 0 Å². The van der Waals surface area contributed by atoms with Crippen molar-refractivity contribution < 1.29 is 24.3 Å². The number of rotatable bonds is 17. The third-order valence-corrected chi connectivity index (χ3v) is 5.42. The maximum atomic E-state index is 5.78. The highest BCUT2D eigenvalue weighted by Gasteiger charge is 2.23. The van der Waals surface area contributed by atoms with E-state index in [0.717, 1.165) is 32.1 Å². The number of nitrogens with two attached hydrogens (primary N) is 1. The van der Waals surface area contributed by atoms with Gasteiger partial charge in [-0.05, 0) is 39.2 Å². The molecule has 2 N–H and O–H groups in total. The molecule has 0 bridgehead atoms. The Balaban J connectivity index is 4.98. The van der Waals surface area contributed by atoms with E-state index in [2.05, 4.69) is 46.5 Å². The lowest BCUT2D eigenvalue weighted by Crippen LogP contribution is -2.82. The molecule has 0 amide bonds. The van der Waals surface area contributed by atoms with Crippen LogP contribution in [0.1, 0.15) is 52.9 Å². The van der Waals surface area contributed by atoms with E-state index in [1.165, 1.54) is 11.1 Å². The van der Waals surface area contributed by atoms with E-state index in [9.17, 15) is 0 Å². The smallest absolute Gasteiger partial charge is 0.0806 e. The number of ether oxygens (including phenoxy) is 4. The predicted octanol–water partition coefficient (Wildman–Crippen LogP) is 3.82. The zero-order chi connectivity index (χ0) is 22.2. The van der Waals surface area contributed by atoms with Gasteiger partial charge in [-0.25, -0.2) is 0 Å². The molecular weight excluding hydrogens is 366 g/mol. The summed E-state index contributed by atoms with van der Waals surface area (Å²) in [5.41, 5.74) is 2.44. The molecule has 170 valence electrons. The van der Waals surface area contributed by atoms with Crippen LogP contribution >= 0.6 is 0 Å². The summed E-state index contributed by atoms with van der Waals surface area (Å²) in [6.07, 6.45) is 10.8. The van der Waals surface area contributed by atoms with E-state index < -0.39 is 0 Å². The van der Waals surface area contributed by atoms with Gasteiger partial charge in [-0.1, -0.05) is 23.8 Å². The maximum absolute atomic E-state index is 5.78. The van der Waals surface area contributed by atoms with Crippen LogP contribution in [0.3, 0.4) is 0 Å². The van der Waals surface area contributed by atoms with Crippen LogP contribution in [0, 0.1) is 7.05 Å². The Morgan fingerprint density at radius 3 is 1.93 bits per heavy atom. The number of hydrogen-bond donors (Lipinski definition) is 1. The molecule has 29 heavy (non-hydrogen) atoms. The molecule has 0 rings (SSSR count). The van der Waals surface area contributed by atoms with Gasteiger partial charge in [-0.2, -0.15) is 7.05 Å². The Morgan fingerprint density at radius 1 is 0.897 bits per heavy atom. The summed E-state index contributed by atoms with van der Waals surface area (Å²) in [6, 6.07) is 0.484. The van der Waals surface area contributed by atoms with Crippen LogP contribution in [0.5, 0.6) is 0 Å². The van der Waals surface area contributed by atoms with Gasteiger partial charge >= 0.3 is 0 Å². The summed E-state index contributed by atoms with van der Waals surface area (Å²) in [4.78, 5) is 0. The van der Waals surface area contributed by atoms with Gasteiger partial charge in [0, 0.05) is 47.7 Å². The third kappa shape index (κ3) is 12.3. The molecule has 0 spiro atoms. The molecule has 5 nitrogen and oxygen atoms in total. The second-order valence-corrected chi connectivity index (χ2v) is 7.81. The molecule has 0 heterocycles. The second-order valence-electron chi connectivity index (χ2n) is 7.81. The Hall–Kier alpha value is -0.980. The molecule has 0 aliphatic carbocycles. The molecule has 0 fully saturated rings. The van der Waals surface area contributed by atoms with Crippen LogP contribution in [0.15, 0.2) is 36.0 Å². The lowest BCUT2D eigenvalue weighted by molar-refractivity contribution is -0.629. The SMILES string of the molecule is C=CC[C@@H](C[C@@H](C[C@@H](C[C@H](OC)/C(C)=C/C(C)=C/C[C@H](C)[NH2+][CH2-])OC)OC)OC. The van der Waals surface area contributed by atoms with E-state index in [-0.39, 0.29) is 24.4 Å². The molecule has 5 atom stereocenters. The first kappa shape index (κ1) is 28.0. The zero-order valence-electron chi connectivity index (χ0n) is 19.8. The molecule has 0 aromatic carbocycles. The quantitative estimate of drug-likeness (QED) is 0.225. The molecule has 0 aliphatic rings. The van der Waals surface area contributed by atoms with E-state index >= 15 is 0 Å². The Bertz CT molecular complexity index is 489. The number of allylic oxidation sites excluding steroid dienone is 2. The largest absolute Gasteiger partial charge is 0.476 e. The van der Waals surface area contributed by atoms with Crippen molar-refractivity contribution in [3.8, 4) is 0 Å². The molecule has 0 saturated carbocycles. The number of quaternary nitrogens is 1. The van der Waals surface area contributed by atoms with Crippen LogP contribution in [0.2, 0.25) is 0 Å². The summed E-state index contributed by atoms with van der Waals surface area (Å²) < 4.78 is 22.8. The first-order valence-electron chi connectivity index (χ1n) is 10.5. The van der Waals surface area contributed by atoms with Gasteiger partial charge in [-0.3, -0.25) is 0 Å². The zero-order valence-corrected chi connectivity index (χ0v) is 19.8. The van der Waals surface area contributed by atoms with Gasteiger partial charge in [0.2, 0.25) is 0 Å². The van der Waals surface area contributed by atoms with Gasteiger partial charge in [-0.15, -0.1) is 6.58 Å². The van der Waals surface area contributed by atoms with Crippen molar-refractivity contribution in [2.45, 2.75) is 83.3 Å². The van der Waals surface area contributed by atoms with E-state index in [1.54, 1.807) is 28.4 Å². The monoisotopic (exact) mass is 411 g/mol. The minimum atomic E-state index is 0.00373. The molecule has 0 aromatic heterocycles. The minimum absolute atomic E-state index is 0.00373. The molecule has 0 radical (unpaired) electrons. The molecular formula is C24H45NO4. The highest BCUT2D eigenvalue weighted by atomic mass is 16.5. The Morgan fingerprint density at radius 2 is 1.45 bits per heavy atom. The fraction of sp³-hybridized carbons (Fsp3) is 0.708. The van der Waals surface area contributed by atoms with Crippen LogP contribution in [0.4, 0.5) is 0 Å². The van der Waals surface area contributed by atoms with Crippen molar-refractivity contribution in [1.82, 2.24) is 0 Å². The standard InChI is InChI=1S/C24H45NO4/c1-10-11-21(26-6)15-22(27-7)16-23(28-8)17-24(29-9)19(3)14-18(2)12-13-20(4)25-5/h10,12,14,20-24H,1,5,11,13,15-17,25H2,2-4,6-9H3/b18-12+,19-14+/t20-,21-,22-,23-,24-/m0/s1. The van der Waals surface area contributed by atoms with E-state index in [4.69, 9.17) is 18.9 Å². The summed E-state index contributed by atoms with van der Waals surface area (Å²) in [6.45, 7) is 10.2. The van der Waals surface area contributed by atoms with Crippen LogP contribution in [0.25, 0.3) is 0 Å². The summed E-state index contributed by atoms with van der Waals surface area (Å²) in [5, 5.41) is 1.98. The molecule has 0 aromatic rings. The summed E-state index contributed by atoms with van der Waals surface area (Å²) in [5.74, 6) is 0. The fourth-order valence-electron chi connectivity index (χ4n) is 3.32. The van der Waals surface area contributed by atoms with Crippen molar-refractivity contribution in [3.05, 3.63) is 43.0 Å². The van der Waals surface area contributed by atoms with Crippen molar-refractivity contribution >= 4 is 0 Å². The van der Waals surface area contributed by atoms with Gasteiger partial charge in [0.15, 0.2) is 0 Å². The minimum Gasteiger partial charge on any atom is -0.476 e. The van der Waals surface area contributed by atoms with Crippen LogP contribution in [-0.4, -0.2) is 58.9 Å². The molecule has 5 heteroatoms. The number of hydrogen-bond acceptors (Lipinski definition) is 4. The fourth-order valence-corrected chi connectivity index (χ4v) is 3.32. The van der Waals surface area contributed by atoms with Crippen LogP contribution in [-0.2, 0) is 18.9 Å². The summed E-state index contributed by atoms with van der Waals surface area (Å²) in [7, 11) is 10.8.